The van der Waals surface area contributed by atoms with Gasteiger partial charge >= 0.3 is 0 Å². The van der Waals surface area contributed by atoms with Gasteiger partial charge in [0.25, 0.3) is 5.91 Å². The molecule has 1 saturated heterocycles. The Kier molecular flexibility index (Phi) is 4.36. The van der Waals surface area contributed by atoms with E-state index in [0.29, 0.717) is 12.2 Å². The number of nitrogens with one attached hydrogen (secondary N) is 2. The molecule has 0 radical (unpaired) electrons. The standard InChI is InChI=1S/C23H24N4O2/c1-14-16-6-7-24-22(23(29)25-8-11-27-9-2-3-10-27)18(16)13-19-17-12-15(28)4-5-20(17)26-21(14)19/h4-7,12-13,26,28H,2-3,8-11H2,1H3,(H,25,29). The monoisotopic (exact) mass is 388 g/mol. The highest BCUT2D eigenvalue weighted by Crippen LogP contribution is 2.35. The number of nitrogens with zero attached hydrogens (tertiary/aromatic N) is 2. The average molecular weight is 388 g/mol. The number of rotatable bonds is 4. The molecule has 0 spiro atoms. The predicted octanol–water partition coefficient (Wildman–Crippen LogP) is 3.71. The number of aryl methyl sites for hydroxylation is 1. The van der Waals surface area contributed by atoms with Crippen molar-refractivity contribution in [1.29, 1.82) is 0 Å². The van der Waals surface area contributed by atoms with Crippen molar-refractivity contribution in [3.05, 3.63) is 47.8 Å². The maximum atomic E-state index is 12.9. The van der Waals surface area contributed by atoms with Crippen LogP contribution in [0.3, 0.4) is 0 Å². The van der Waals surface area contributed by atoms with E-state index in [9.17, 15) is 9.90 Å². The summed E-state index contributed by atoms with van der Waals surface area (Å²) in [5.41, 5.74) is 3.50. The topological polar surface area (TPSA) is 81.2 Å². The van der Waals surface area contributed by atoms with E-state index < -0.39 is 0 Å². The highest BCUT2D eigenvalue weighted by molar-refractivity contribution is 6.17. The minimum absolute atomic E-state index is 0.142. The molecule has 1 amide bonds. The van der Waals surface area contributed by atoms with Gasteiger partial charge in [0.05, 0.1) is 5.52 Å². The van der Waals surface area contributed by atoms with Crippen LogP contribution >= 0.6 is 0 Å². The lowest BCUT2D eigenvalue weighted by atomic mass is 10.00. The van der Waals surface area contributed by atoms with Crippen LogP contribution in [0.5, 0.6) is 5.75 Å². The third-order valence-electron chi connectivity index (χ3n) is 6.01. The number of fused-ring (bicyclic) bond motifs is 4. The zero-order chi connectivity index (χ0) is 20.0. The van der Waals surface area contributed by atoms with Gasteiger partial charge in [-0.05, 0) is 74.1 Å². The molecule has 1 fully saturated rings. The zero-order valence-corrected chi connectivity index (χ0v) is 16.5. The molecule has 1 aliphatic heterocycles. The molecule has 2 aromatic heterocycles. The summed E-state index contributed by atoms with van der Waals surface area (Å²) in [6.45, 7) is 5.79. The smallest absolute Gasteiger partial charge is 0.270 e. The van der Waals surface area contributed by atoms with E-state index in [2.05, 4.69) is 27.1 Å². The van der Waals surface area contributed by atoms with Gasteiger partial charge in [-0.2, -0.15) is 0 Å². The number of aromatic nitrogens is 2. The Morgan fingerprint density at radius 1 is 1.14 bits per heavy atom. The molecule has 0 saturated carbocycles. The Hall–Kier alpha value is -3.12. The van der Waals surface area contributed by atoms with Crippen LogP contribution < -0.4 is 5.32 Å². The fourth-order valence-corrected chi connectivity index (χ4v) is 4.47. The second kappa shape index (κ2) is 7.04. The number of amides is 1. The van der Waals surface area contributed by atoms with Gasteiger partial charge in [0.2, 0.25) is 0 Å². The van der Waals surface area contributed by atoms with Crippen molar-refractivity contribution >= 4 is 38.5 Å². The Labute approximate surface area is 168 Å². The molecule has 0 bridgehead atoms. The largest absolute Gasteiger partial charge is 0.508 e. The molecule has 4 aromatic rings. The molecule has 0 aliphatic carbocycles. The van der Waals surface area contributed by atoms with Crippen LogP contribution in [0.15, 0.2) is 36.5 Å². The summed E-state index contributed by atoms with van der Waals surface area (Å²) in [7, 11) is 0. The van der Waals surface area contributed by atoms with Crippen molar-refractivity contribution in [3.63, 3.8) is 0 Å². The molecule has 6 nitrogen and oxygen atoms in total. The van der Waals surface area contributed by atoms with Crippen molar-refractivity contribution < 1.29 is 9.90 Å². The first kappa shape index (κ1) is 17.9. The summed E-state index contributed by atoms with van der Waals surface area (Å²) < 4.78 is 0. The van der Waals surface area contributed by atoms with Gasteiger partial charge in [0.15, 0.2) is 0 Å². The second-order valence-electron chi connectivity index (χ2n) is 7.84. The van der Waals surface area contributed by atoms with E-state index in [1.807, 2.05) is 18.2 Å². The van der Waals surface area contributed by atoms with Crippen LogP contribution in [-0.2, 0) is 0 Å². The number of pyridine rings is 1. The minimum atomic E-state index is -0.142. The quantitative estimate of drug-likeness (QED) is 0.498. The van der Waals surface area contributed by atoms with Gasteiger partial charge < -0.3 is 20.3 Å². The number of likely N-dealkylation sites (tertiary alicyclic amines) is 1. The normalized spacial score (nSPS) is 14.9. The fourth-order valence-electron chi connectivity index (χ4n) is 4.47. The van der Waals surface area contributed by atoms with Crippen molar-refractivity contribution in [2.24, 2.45) is 0 Å². The minimum Gasteiger partial charge on any atom is -0.508 e. The summed E-state index contributed by atoms with van der Waals surface area (Å²) >= 11 is 0. The number of aromatic hydroxyl groups is 1. The maximum Gasteiger partial charge on any atom is 0.270 e. The van der Waals surface area contributed by atoms with E-state index in [0.717, 1.165) is 57.8 Å². The Morgan fingerprint density at radius 2 is 1.97 bits per heavy atom. The number of carbonyl (C=O) groups is 1. The lowest BCUT2D eigenvalue weighted by Crippen LogP contribution is -2.33. The Balaban J connectivity index is 1.55. The number of benzene rings is 2. The summed E-state index contributed by atoms with van der Waals surface area (Å²) in [6, 6.07) is 9.27. The van der Waals surface area contributed by atoms with E-state index in [1.165, 1.54) is 12.8 Å². The second-order valence-corrected chi connectivity index (χ2v) is 7.84. The molecular formula is C23H24N4O2. The van der Waals surface area contributed by atoms with Crippen LogP contribution in [0.4, 0.5) is 0 Å². The van der Waals surface area contributed by atoms with E-state index >= 15 is 0 Å². The number of aromatic amines is 1. The molecule has 148 valence electrons. The van der Waals surface area contributed by atoms with Crippen molar-refractivity contribution in [3.8, 4) is 5.75 Å². The van der Waals surface area contributed by atoms with Gasteiger partial charge in [-0.25, -0.2) is 0 Å². The summed E-state index contributed by atoms with van der Waals surface area (Å²) in [4.78, 5) is 23.1. The van der Waals surface area contributed by atoms with Gasteiger partial charge in [-0.15, -0.1) is 0 Å². The number of hydrogen-bond acceptors (Lipinski definition) is 4. The molecule has 29 heavy (non-hydrogen) atoms. The maximum absolute atomic E-state index is 12.9. The zero-order valence-electron chi connectivity index (χ0n) is 16.5. The molecule has 0 unspecified atom stereocenters. The molecule has 3 heterocycles. The Morgan fingerprint density at radius 3 is 2.79 bits per heavy atom. The van der Waals surface area contributed by atoms with Crippen molar-refractivity contribution in [2.45, 2.75) is 19.8 Å². The number of hydrogen-bond donors (Lipinski definition) is 3. The first-order chi connectivity index (χ1) is 14.1. The first-order valence-electron chi connectivity index (χ1n) is 10.1. The van der Waals surface area contributed by atoms with Gasteiger partial charge in [0, 0.05) is 41.0 Å². The molecule has 3 N–H and O–H groups in total. The Bertz CT molecular complexity index is 1240. The number of phenols is 1. The third-order valence-corrected chi connectivity index (χ3v) is 6.01. The third kappa shape index (κ3) is 3.09. The number of carbonyl (C=O) groups excluding carboxylic acids is 1. The highest BCUT2D eigenvalue weighted by Gasteiger charge is 2.17. The average Bonchev–Trinajstić information content (AvgIpc) is 3.36. The lowest BCUT2D eigenvalue weighted by molar-refractivity contribution is 0.0946. The highest BCUT2D eigenvalue weighted by atomic mass is 16.3. The van der Waals surface area contributed by atoms with Crippen LogP contribution in [0, 0.1) is 6.92 Å². The molecule has 6 heteroatoms. The number of H-pyrrole nitrogens is 1. The molecule has 0 atom stereocenters. The number of phenolic OH excluding ortho intramolecular Hbond substituents is 1. The molecular weight excluding hydrogens is 364 g/mol. The van der Waals surface area contributed by atoms with E-state index in [-0.39, 0.29) is 11.7 Å². The first-order valence-corrected chi connectivity index (χ1v) is 10.1. The van der Waals surface area contributed by atoms with E-state index in [4.69, 9.17) is 0 Å². The molecule has 5 rings (SSSR count). The summed E-state index contributed by atoms with van der Waals surface area (Å²) in [5.74, 6) is 0.0819. The summed E-state index contributed by atoms with van der Waals surface area (Å²) in [5, 5.41) is 16.7. The lowest BCUT2D eigenvalue weighted by Gasteiger charge is -2.15. The van der Waals surface area contributed by atoms with E-state index in [1.54, 1.807) is 18.3 Å². The van der Waals surface area contributed by atoms with Crippen molar-refractivity contribution in [2.75, 3.05) is 26.2 Å². The van der Waals surface area contributed by atoms with Gasteiger partial charge in [-0.1, -0.05) is 0 Å². The van der Waals surface area contributed by atoms with Crippen LogP contribution in [-0.4, -0.2) is 52.1 Å². The van der Waals surface area contributed by atoms with Crippen molar-refractivity contribution in [1.82, 2.24) is 20.2 Å². The van der Waals surface area contributed by atoms with Gasteiger partial charge in [0.1, 0.15) is 11.4 Å². The van der Waals surface area contributed by atoms with Crippen LogP contribution in [0.25, 0.3) is 32.6 Å². The van der Waals surface area contributed by atoms with Crippen LogP contribution in [0.1, 0.15) is 28.9 Å². The summed E-state index contributed by atoms with van der Waals surface area (Å²) in [6.07, 6.45) is 4.19. The SMILES string of the molecule is Cc1c2ccnc(C(=O)NCCN3CCCC3)c2cc2c1[nH]c1ccc(O)cc12. The molecule has 1 aliphatic rings. The van der Waals surface area contributed by atoms with Gasteiger partial charge in [-0.3, -0.25) is 9.78 Å². The molecule has 2 aromatic carbocycles. The van der Waals surface area contributed by atoms with Crippen LogP contribution in [0.2, 0.25) is 0 Å². The fraction of sp³-hybridized carbons (Fsp3) is 0.304. The predicted molar refractivity (Wildman–Crippen MR) is 116 cm³/mol.